The molecule has 0 aliphatic carbocycles. The first kappa shape index (κ1) is 19.2. The van der Waals surface area contributed by atoms with Crippen LogP contribution in [0.25, 0.3) is 0 Å². The van der Waals surface area contributed by atoms with Crippen molar-refractivity contribution in [1.29, 1.82) is 0 Å². The Morgan fingerprint density at radius 1 is 1.14 bits per heavy atom. The van der Waals surface area contributed by atoms with Gasteiger partial charge in [-0.2, -0.15) is 0 Å². The van der Waals surface area contributed by atoms with Crippen LogP contribution < -0.4 is 4.90 Å². The maximum atomic E-state index is 14.3. The number of rotatable bonds is 3. The van der Waals surface area contributed by atoms with Gasteiger partial charge in [0.1, 0.15) is 5.82 Å². The topological polar surface area (TPSA) is 57.7 Å². The summed E-state index contributed by atoms with van der Waals surface area (Å²) >= 11 is 6.14. The van der Waals surface area contributed by atoms with Gasteiger partial charge in [0.15, 0.2) is 9.84 Å². The van der Waals surface area contributed by atoms with Crippen LogP contribution in [0.5, 0.6) is 0 Å². The molecule has 2 aliphatic heterocycles. The summed E-state index contributed by atoms with van der Waals surface area (Å²) in [5.41, 5.74) is 2.75. The third kappa shape index (κ3) is 3.16. The van der Waals surface area contributed by atoms with E-state index in [1.54, 1.807) is 11.0 Å². The minimum atomic E-state index is -3.30. The Kier molecular flexibility index (Phi) is 4.62. The average molecular weight is 423 g/mol. The highest BCUT2D eigenvalue weighted by molar-refractivity contribution is 7.91. The van der Waals surface area contributed by atoms with Crippen molar-refractivity contribution in [1.82, 2.24) is 4.90 Å². The van der Waals surface area contributed by atoms with E-state index in [0.29, 0.717) is 5.69 Å². The third-order valence-corrected chi connectivity index (χ3v) is 7.54. The molecule has 0 spiro atoms. The van der Waals surface area contributed by atoms with Crippen molar-refractivity contribution in [2.75, 3.05) is 16.4 Å². The van der Waals surface area contributed by atoms with Gasteiger partial charge >= 0.3 is 6.03 Å². The highest BCUT2D eigenvalue weighted by atomic mass is 35.5. The summed E-state index contributed by atoms with van der Waals surface area (Å²) in [7, 11) is -3.30. The van der Waals surface area contributed by atoms with E-state index in [1.165, 1.54) is 17.0 Å². The number of nitrogens with zero attached hydrogens (tertiary/aromatic N) is 2. The number of aryl methyl sites for hydroxylation is 2. The maximum absolute atomic E-state index is 14.3. The van der Waals surface area contributed by atoms with E-state index >= 15 is 0 Å². The fourth-order valence-corrected chi connectivity index (χ4v) is 6.25. The lowest BCUT2D eigenvalue weighted by molar-refractivity contribution is 0.205. The summed E-state index contributed by atoms with van der Waals surface area (Å²) in [5.74, 6) is -0.738. The van der Waals surface area contributed by atoms with Crippen LogP contribution in [0.4, 0.5) is 14.9 Å². The van der Waals surface area contributed by atoms with Gasteiger partial charge in [-0.1, -0.05) is 29.8 Å². The van der Waals surface area contributed by atoms with Gasteiger partial charge in [0.2, 0.25) is 0 Å². The first-order chi connectivity index (χ1) is 13.2. The Morgan fingerprint density at radius 2 is 1.86 bits per heavy atom. The van der Waals surface area contributed by atoms with Crippen LogP contribution in [-0.4, -0.2) is 42.9 Å². The standard InChI is InChI=1S/C20H20ClFN2O3S/c1-12-6-7-13(2)17(8-12)24-19-11-28(26,27)10-18(19)23(20(24)25)9-14-15(21)4-3-5-16(14)22/h3-8,18-19H,9-11H2,1-2H3. The molecule has 2 aliphatic rings. The van der Waals surface area contributed by atoms with Crippen molar-refractivity contribution in [2.24, 2.45) is 0 Å². The average Bonchev–Trinajstić information content (AvgIpc) is 3.04. The molecule has 2 aromatic carbocycles. The summed E-state index contributed by atoms with van der Waals surface area (Å²) in [6.45, 7) is 3.74. The molecule has 2 saturated heterocycles. The quantitative estimate of drug-likeness (QED) is 0.708. The third-order valence-electron chi connectivity index (χ3n) is 5.49. The molecule has 0 bridgehead atoms. The van der Waals surface area contributed by atoms with Crippen molar-refractivity contribution in [3.8, 4) is 0 Å². The second-order valence-electron chi connectivity index (χ2n) is 7.48. The summed E-state index contributed by atoms with van der Waals surface area (Å²) in [5, 5.41) is 0.218. The minimum absolute atomic E-state index is 0.0671. The number of hydrogen-bond acceptors (Lipinski definition) is 3. The summed E-state index contributed by atoms with van der Waals surface area (Å²) in [4.78, 5) is 16.3. The van der Waals surface area contributed by atoms with Gasteiger partial charge in [-0.3, -0.25) is 4.90 Å². The molecule has 0 N–H and O–H groups in total. The Bertz CT molecular complexity index is 1050. The van der Waals surface area contributed by atoms with E-state index in [1.807, 2.05) is 32.0 Å². The molecule has 8 heteroatoms. The molecule has 2 amide bonds. The molecule has 5 nitrogen and oxygen atoms in total. The number of carbonyl (C=O) groups is 1. The Morgan fingerprint density at radius 3 is 2.57 bits per heavy atom. The van der Waals surface area contributed by atoms with E-state index in [4.69, 9.17) is 11.6 Å². The monoisotopic (exact) mass is 422 g/mol. The zero-order chi connectivity index (χ0) is 20.2. The lowest BCUT2D eigenvalue weighted by Gasteiger charge is -2.24. The maximum Gasteiger partial charge on any atom is 0.325 e. The number of sulfone groups is 1. The summed E-state index contributed by atoms with van der Waals surface area (Å²) in [6.07, 6.45) is 0. The molecule has 2 fully saturated rings. The summed E-state index contributed by atoms with van der Waals surface area (Å²) < 4.78 is 39.0. The van der Waals surface area contributed by atoms with E-state index in [9.17, 15) is 17.6 Å². The molecular weight excluding hydrogens is 403 g/mol. The largest absolute Gasteiger partial charge is 0.325 e. The number of halogens is 2. The smallest absolute Gasteiger partial charge is 0.314 e. The molecule has 4 rings (SSSR count). The Balaban J connectivity index is 1.78. The Hall–Kier alpha value is -2.12. The first-order valence-electron chi connectivity index (χ1n) is 8.98. The van der Waals surface area contributed by atoms with Crippen molar-refractivity contribution in [3.63, 3.8) is 0 Å². The highest BCUT2D eigenvalue weighted by Crippen LogP contribution is 2.38. The van der Waals surface area contributed by atoms with Gasteiger partial charge < -0.3 is 4.90 Å². The number of benzene rings is 2. The van der Waals surface area contributed by atoms with Crippen LogP contribution in [0.1, 0.15) is 16.7 Å². The van der Waals surface area contributed by atoms with Gasteiger partial charge in [0.05, 0.1) is 30.1 Å². The van der Waals surface area contributed by atoms with Crippen molar-refractivity contribution in [2.45, 2.75) is 32.5 Å². The van der Waals surface area contributed by atoms with Crippen LogP contribution in [-0.2, 0) is 16.4 Å². The molecule has 2 unspecified atom stereocenters. The molecule has 148 valence electrons. The molecule has 2 atom stereocenters. The van der Waals surface area contributed by atoms with Gasteiger partial charge in [0, 0.05) is 16.3 Å². The molecule has 0 saturated carbocycles. The van der Waals surface area contributed by atoms with Crippen LogP contribution in [0, 0.1) is 19.7 Å². The van der Waals surface area contributed by atoms with Crippen LogP contribution >= 0.6 is 11.6 Å². The summed E-state index contributed by atoms with van der Waals surface area (Å²) in [6, 6.07) is 8.73. The van der Waals surface area contributed by atoms with Crippen molar-refractivity contribution >= 4 is 33.2 Å². The van der Waals surface area contributed by atoms with E-state index in [0.717, 1.165) is 11.1 Å². The molecular formula is C20H20ClFN2O3S. The fourth-order valence-electron chi connectivity index (χ4n) is 4.08. The number of fused-ring (bicyclic) bond motifs is 1. The first-order valence-corrected chi connectivity index (χ1v) is 11.2. The zero-order valence-electron chi connectivity index (χ0n) is 15.5. The lowest BCUT2D eigenvalue weighted by Crippen LogP contribution is -2.38. The zero-order valence-corrected chi connectivity index (χ0v) is 17.1. The van der Waals surface area contributed by atoms with Crippen molar-refractivity contribution in [3.05, 3.63) is 63.9 Å². The van der Waals surface area contributed by atoms with Gasteiger partial charge in [0.25, 0.3) is 0 Å². The second-order valence-corrected chi connectivity index (χ2v) is 10.0. The predicted octanol–water partition coefficient (Wildman–Crippen LogP) is 3.70. The van der Waals surface area contributed by atoms with Gasteiger partial charge in [-0.25, -0.2) is 17.6 Å². The SMILES string of the molecule is Cc1ccc(C)c(N2C(=O)N(Cc3c(F)cccc3Cl)C3CS(=O)(=O)CC32)c1. The molecule has 2 aromatic rings. The normalized spacial score (nSPS) is 23.4. The van der Waals surface area contributed by atoms with E-state index < -0.39 is 27.7 Å². The number of urea groups is 1. The molecule has 28 heavy (non-hydrogen) atoms. The minimum Gasteiger partial charge on any atom is -0.314 e. The number of hydrogen-bond donors (Lipinski definition) is 0. The van der Waals surface area contributed by atoms with Crippen molar-refractivity contribution < 1.29 is 17.6 Å². The molecule has 2 heterocycles. The number of anilines is 1. The molecule has 0 radical (unpaired) electrons. The number of carbonyl (C=O) groups excluding carboxylic acids is 1. The number of amides is 2. The predicted molar refractivity (Wildman–Crippen MR) is 107 cm³/mol. The Labute approximate surface area is 168 Å². The van der Waals surface area contributed by atoms with Crippen LogP contribution in [0.2, 0.25) is 5.02 Å². The van der Waals surface area contributed by atoms with Crippen LogP contribution in [0.15, 0.2) is 36.4 Å². The molecule has 0 aromatic heterocycles. The van der Waals surface area contributed by atoms with Crippen LogP contribution in [0.3, 0.4) is 0 Å². The van der Waals surface area contributed by atoms with E-state index in [2.05, 4.69) is 0 Å². The van der Waals surface area contributed by atoms with Gasteiger partial charge in [-0.05, 0) is 43.2 Å². The lowest BCUT2D eigenvalue weighted by atomic mass is 10.1. The fraction of sp³-hybridized carbons (Fsp3) is 0.350. The van der Waals surface area contributed by atoms with E-state index in [-0.39, 0.29) is 34.7 Å². The van der Waals surface area contributed by atoms with Gasteiger partial charge in [-0.15, -0.1) is 0 Å². The second kappa shape index (κ2) is 6.74. The highest BCUT2D eigenvalue weighted by Gasteiger charge is 2.54.